The zero-order chi connectivity index (χ0) is 12.3. The highest BCUT2D eigenvalue weighted by atomic mass is 16.5. The first-order chi connectivity index (χ1) is 7.49. The highest BCUT2D eigenvalue weighted by Gasteiger charge is 2.14. The number of allylic oxidation sites excluding steroid dienone is 1. The van der Waals surface area contributed by atoms with Crippen molar-refractivity contribution in [1.29, 1.82) is 0 Å². The van der Waals surface area contributed by atoms with Crippen LogP contribution in [0.15, 0.2) is 24.8 Å². The molecule has 0 aliphatic heterocycles. The molecule has 0 aromatic heterocycles. The number of nitrogens with zero attached hydrogens (tertiary/aromatic N) is 1. The van der Waals surface area contributed by atoms with Crippen LogP contribution < -0.4 is 9.64 Å². The summed E-state index contributed by atoms with van der Waals surface area (Å²) < 4.78 is 5.39. The fourth-order valence-electron chi connectivity index (χ4n) is 1.72. The normalized spacial score (nSPS) is 10.4. The summed E-state index contributed by atoms with van der Waals surface area (Å²) in [4.78, 5) is 2.07. The largest absolute Gasteiger partial charge is 0.495 e. The molecule has 2 heteroatoms. The van der Waals surface area contributed by atoms with Gasteiger partial charge in [-0.25, -0.2) is 0 Å². The van der Waals surface area contributed by atoms with Gasteiger partial charge in [0.15, 0.2) is 0 Å². The van der Waals surface area contributed by atoms with Gasteiger partial charge in [0, 0.05) is 19.7 Å². The number of benzene rings is 1. The van der Waals surface area contributed by atoms with Crippen LogP contribution in [0.1, 0.15) is 19.4 Å². The van der Waals surface area contributed by atoms with E-state index in [-0.39, 0.29) is 0 Å². The Morgan fingerprint density at radius 1 is 1.31 bits per heavy atom. The molecule has 16 heavy (non-hydrogen) atoms. The van der Waals surface area contributed by atoms with Crippen molar-refractivity contribution in [3.05, 3.63) is 30.3 Å². The van der Waals surface area contributed by atoms with Gasteiger partial charge in [-0.05, 0) is 17.6 Å². The molecule has 0 amide bonds. The topological polar surface area (TPSA) is 12.5 Å². The van der Waals surface area contributed by atoms with Gasteiger partial charge in [-0.1, -0.05) is 32.6 Å². The van der Waals surface area contributed by atoms with E-state index in [4.69, 9.17) is 4.74 Å². The Morgan fingerprint density at radius 3 is 2.38 bits per heavy atom. The molecular formula is C14H21NO. The van der Waals surface area contributed by atoms with Gasteiger partial charge in [0.2, 0.25) is 0 Å². The summed E-state index contributed by atoms with van der Waals surface area (Å²) in [6, 6.07) is 6.08. The van der Waals surface area contributed by atoms with E-state index in [9.17, 15) is 0 Å². The molecule has 88 valence electrons. The van der Waals surface area contributed by atoms with Gasteiger partial charge in [-0.2, -0.15) is 0 Å². The lowest BCUT2D eigenvalue weighted by molar-refractivity contribution is 0.415. The molecule has 1 rings (SSSR count). The lowest BCUT2D eigenvalue weighted by atomic mass is 9.95. The molecule has 0 unspecified atom stereocenters. The minimum Gasteiger partial charge on any atom is -0.495 e. The van der Waals surface area contributed by atoms with Crippen LogP contribution in [0.4, 0.5) is 5.69 Å². The molecule has 0 bridgehead atoms. The number of methoxy groups -OCH3 is 1. The standard InChI is InChI=1S/C14H21NO/c1-10(2)11(3)12-8-7-9-13(16-6)14(12)15(4)5/h7-10H,3H2,1-2,4-6H3. The smallest absolute Gasteiger partial charge is 0.142 e. The van der Waals surface area contributed by atoms with Gasteiger partial charge >= 0.3 is 0 Å². The van der Waals surface area contributed by atoms with E-state index in [1.807, 2.05) is 26.2 Å². The lowest BCUT2D eigenvalue weighted by Gasteiger charge is -2.22. The van der Waals surface area contributed by atoms with Crippen molar-refractivity contribution in [2.75, 3.05) is 26.1 Å². The van der Waals surface area contributed by atoms with Crippen molar-refractivity contribution in [1.82, 2.24) is 0 Å². The fourth-order valence-corrected chi connectivity index (χ4v) is 1.72. The third kappa shape index (κ3) is 2.38. The van der Waals surface area contributed by atoms with Crippen LogP contribution >= 0.6 is 0 Å². The zero-order valence-corrected chi connectivity index (χ0v) is 10.9. The van der Waals surface area contributed by atoms with Crippen LogP contribution in [-0.4, -0.2) is 21.2 Å². The molecule has 0 saturated carbocycles. The van der Waals surface area contributed by atoms with Crippen molar-refractivity contribution in [2.45, 2.75) is 13.8 Å². The number of anilines is 1. The van der Waals surface area contributed by atoms with E-state index < -0.39 is 0 Å². The zero-order valence-electron chi connectivity index (χ0n) is 10.9. The average molecular weight is 219 g/mol. The Kier molecular flexibility index (Phi) is 3.99. The molecule has 1 aromatic rings. The minimum absolute atomic E-state index is 0.436. The van der Waals surface area contributed by atoms with Crippen molar-refractivity contribution in [3.8, 4) is 5.75 Å². The monoisotopic (exact) mass is 219 g/mol. The first-order valence-corrected chi connectivity index (χ1v) is 5.52. The molecule has 1 aromatic carbocycles. The molecule has 2 nitrogen and oxygen atoms in total. The average Bonchev–Trinajstić information content (AvgIpc) is 2.26. The predicted octanol–water partition coefficient (Wildman–Crippen LogP) is 3.43. The molecular weight excluding hydrogens is 198 g/mol. The summed E-state index contributed by atoms with van der Waals surface area (Å²) >= 11 is 0. The van der Waals surface area contributed by atoms with Gasteiger partial charge in [-0.15, -0.1) is 0 Å². The van der Waals surface area contributed by atoms with Gasteiger partial charge in [0.05, 0.1) is 12.8 Å². The maximum Gasteiger partial charge on any atom is 0.142 e. The number of hydrogen-bond donors (Lipinski definition) is 0. The maximum absolute atomic E-state index is 5.39. The summed E-state index contributed by atoms with van der Waals surface area (Å²) in [5.41, 5.74) is 3.41. The molecule has 0 radical (unpaired) electrons. The van der Waals surface area contributed by atoms with E-state index in [1.54, 1.807) is 7.11 Å². The Balaban J connectivity index is 3.33. The fraction of sp³-hybridized carbons (Fsp3) is 0.429. The van der Waals surface area contributed by atoms with E-state index in [1.165, 1.54) is 5.56 Å². The number of ether oxygens (including phenoxy) is 1. The molecule has 0 aliphatic rings. The first kappa shape index (κ1) is 12.6. The SMILES string of the molecule is C=C(c1cccc(OC)c1N(C)C)C(C)C. The Labute approximate surface area is 98.5 Å². The highest BCUT2D eigenvalue weighted by Crippen LogP contribution is 2.36. The van der Waals surface area contributed by atoms with Crippen LogP contribution in [0.2, 0.25) is 0 Å². The Hall–Kier alpha value is -1.44. The van der Waals surface area contributed by atoms with Crippen LogP contribution in [-0.2, 0) is 0 Å². The van der Waals surface area contributed by atoms with Gasteiger partial charge in [-0.3, -0.25) is 0 Å². The molecule has 0 atom stereocenters. The quantitative estimate of drug-likeness (QED) is 0.769. The van der Waals surface area contributed by atoms with Crippen molar-refractivity contribution in [3.63, 3.8) is 0 Å². The van der Waals surface area contributed by atoms with Gasteiger partial charge in [0.1, 0.15) is 5.75 Å². The second kappa shape index (κ2) is 5.06. The van der Waals surface area contributed by atoms with Crippen LogP contribution in [0.25, 0.3) is 5.57 Å². The van der Waals surface area contributed by atoms with E-state index in [0.29, 0.717) is 5.92 Å². The molecule has 0 N–H and O–H groups in total. The van der Waals surface area contributed by atoms with Crippen LogP contribution in [0.5, 0.6) is 5.75 Å². The van der Waals surface area contributed by atoms with Gasteiger partial charge < -0.3 is 9.64 Å². The van der Waals surface area contributed by atoms with Gasteiger partial charge in [0.25, 0.3) is 0 Å². The molecule has 0 fully saturated rings. The molecule has 0 heterocycles. The molecule has 0 saturated heterocycles. The summed E-state index contributed by atoms with van der Waals surface area (Å²) in [5.74, 6) is 1.33. The van der Waals surface area contributed by atoms with Crippen molar-refractivity contribution < 1.29 is 4.74 Å². The van der Waals surface area contributed by atoms with Crippen LogP contribution in [0.3, 0.4) is 0 Å². The lowest BCUT2D eigenvalue weighted by Crippen LogP contribution is -2.13. The number of hydrogen-bond acceptors (Lipinski definition) is 2. The van der Waals surface area contributed by atoms with Crippen molar-refractivity contribution in [2.24, 2.45) is 5.92 Å². The Morgan fingerprint density at radius 2 is 1.94 bits per heavy atom. The summed E-state index contributed by atoms with van der Waals surface area (Å²) in [6.45, 7) is 8.47. The number of para-hydroxylation sites is 1. The third-order valence-electron chi connectivity index (χ3n) is 2.71. The van der Waals surface area contributed by atoms with Crippen LogP contribution in [0, 0.1) is 5.92 Å². The summed E-state index contributed by atoms with van der Waals surface area (Å²) in [5, 5.41) is 0. The molecule has 0 aliphatic carbocycles. The van der Waals surface area contributed by atoms with E-state index in [2.05, 4.69) is 31.4 Å². The summed E-state index contributed by atoms with van der Waals surface area (Å²) in [6.07, 6.45) is 0. The molecule has 0 spiro atoms. The second-order valence-corrected chi connectivity index (χ2v) is 4.43. The van der Waals surface area contributed by atoms with E-state index >= 15 is 0 Å². The first-order valence-electron chi connectivity index (χ1n) is 5.52. The minimum atomic E-state index is 0.436. The number of rotatable bonds is 4. The maximum atomic E-state index is 5.39. The van der Waals surface area contributed by atoms with E-state index in [0.717, 1.165) is 17.0 Å². The Bertz CT molecular complexity index is 380. The second-order valence-electron chi connectivity index (χ2n) is 4.43. The highest BCUT2D eigenvalue weighted by molar-refractivity contribution is 5.80. The summed E-state index contributed by atoms with van der Waals surface area (Å²) in [7, 11) is 5.74. The third-order valence-corrected chi connectivity index (χ3v) is 2.71. The predicted molar refractivity (Wildman–Crippen MR) is 71.2 cm³/mol. The van der Waals surface area contributed by atoms with Crippen molar-refractivity contribution >= 4 is 11.3 Å².